The normalized spacial score (nSPS) is 21.2. The van der Waals surface area contributed by atoms with Gasteiger partial charge >= 0.3 is 0 Å². The Morgan fingerprint density at radius 3 is 2.56 bits per heavy atom. The number of ether oxygens (including phenoxy) is 5. The van der Waals surface area contributed by atoms with Crippen LogP contribution in [0, 0.1) is 0 Å². The van der Waals surface area contributed by atoms with Gasteiger partial charge in [-0.2, -0.15) is 0 Å². The molecule has 0 radical (unpaired) electrons. The number of benzene rings is 2. The molecule has 250 valence electrons. The van der Waals surface area contributed by atoms with Gasteiger partial charge in [0.25, 0.3) is 0 Å². The highest BCUT2D eigenvalue weighted by Gasteiger charge is 2.37. The van der Waals surface area contributed by atoms with E-state index in [9.17, 15) is 4.79 Å². The van der Waals surface area contributed by atoms with Gasteiger partial charge < -0.3 is 33.9 Å². The molecule has 2 saturated heterocycles. The van der Waals surface area contributed by atoms with Gasteiger partial charge in [0.05, 0.1) is 61.6 Å². The van der Waals surface area contributed by atoms with Crippen LogP contribution in [0.15, 0.2) is 48.5 Å². The summed E-state index contributed by atoms with van der Waals surface area (Å²) in [6.45, 7) is 6.62. The molecule has 4 atom stereocenters. The number of nitrogens with one attached hydrogen (secondary N) is 1. The topological polar surface area (TPSA) is 81.7 Å². The number of hydrogen-bond donors (Lipinski definition) is 1. The van der Waals surface area contributed by atoms with Crippen molar-refractivity contribution in [3.63, 3.8) is 0 Å². The lowest BCUT2D eigenvalue weighted by molar-refractivity contribution is -0.185. The second-order valence-electron chi connectivity index (χ2n) is 11.7. The van der Waals surface area contributed by atoms with Crippen LogP contribution in [0.1, 0.15) is 42.9 Å². The van der Waals surface area contributed by atoms with Crippen molar-refractivity contribution in [1.29, 1.82) is 0 Å². The fourth-order valence-corrected chi connectivity index (χ4v) is 6.17. The standard InChI is InChI=1S/C34H49Cl2N3O6/c1-38(33(40)21-26-11-12-30(35)31(36)20-26)32(27-8-4-3-5-9-27)25-39-24-29(45-34-10-6-7-14-44-34)22-28(39)23-37-13-15-42-18-19-43-17-16-41-2/h3-5,8-9,11-12,20,28-29,32,34,37H,6-7,10,13-19,21-25H2,1-2H3/t28-,29+,32+,34?/m0/s1. The third-order valence-corrected chi connectivity index (χ3v) is 9.11. The third-order valence-electron chi connectivity index (χ3n) is 8.37. The van der Waals surface area contributed by atoms with Crippen molar-refractivity contribution in [3.8, 4) is 0 Å². The number of likely N-dealkylation sites (tertiary alicyclic amines) is 1. The Kier molecular flexibility index (Phi) is 15.8. The summed E-state index contributed by atoms with van der Waals surface area (Å²) < 4.78 is 28.6. The molecule has 2 aliphatic heterocycles. The Morgan fingerprint density at radius 1 is 1.04 bits per heavy atom. The molecule has 11 heteroatoms. The van der Waals surface area contributed by atoms with Crippen molar-refractivity contribution in [3.05, 3.63) is 69.7 Å². The summed E-state index contributed by atoms with van der Waals surface area (Å²) in [4.78, 5) is 18.0. The number of carbonyl (C=O) groups is 1. The first-order valence-corrected chi connectivity index (χ1v) is 16.8. The monoisotopic (exact) mass is 665 g/mol. The number of likely N-dealkylation sites (N-methyl/N-ethyl adjacent to an activating group) is 1. The number of hydrogen-bond acceptors (Lipinski definition) is 8. The van der Waals surface area contributed by atoms with E-state index in [1.54, 1.807) is 19.2 Å². The fraction of sp³-hybridized carbons (Fsp3) is 0.618. The number of rotatable bonds is 19. The zero-order chi connectivity index (χ0) is 31.9. The molecule has 0 aromatic heterocycles. The van der Waals surface area contributed by atoms with Crippen LogP contribution in [0.3, 0.4) is 0 Å². The summed E-state index contributed by atoms with van der Waals surface area (Å²) in [5.74, 6) is 0.0165. The summed E-state index contributed by atoms with van der Waals surface area (Å²) in [6.07, 6.45) is 4.21. The van der Waals surface area contributed by atoms with E-state index < -0.39 is 0 Å². The van der Waals surface area contributed by atoms with Gasteiger partial charge in [-0.3, -0.25) is 9.69 Å². The largest absolute Gasteiger partial charge is 0.382 e. The summed E-state index contributed by atoms with van der Waals surface area (Å²) in [5.41, 5.74) is 1.93. The maximum Gasteiger partial charge on any atom is 0.227 e. The van der Waals surface area contributed by atoms with Crippen LogP contribution in [-0.2, 0) is 34.9 Å². The molecule has 9 nitrogen and oxygen atoms in total. The number of carbonyl (C=O) groups excluding carboxylic acids is 1. The van der Waals surface area contributed by atoms with Crippen LogP contribution in [0.4, 0.5) is 0 Å². The molecule has 2 aromatic rings. The van der Waals surface area contributed by atoms with Crippen molar-refractivity contribution in [2.75, 3.05) is 80.0 Å². The molecule has 1 unspecified atom stereocenters. The van der Waals surface area contributed by atoms with Crippen molar-refractivity contribution in [1.82, 2.24) is 15.1 Å². The molecular formula is C34H49Cl2N3O6. The Morgan fingerprint density at radius 2 is 1.82 bits per heavy atom. The molecule has 1 N–H and O–H groups in total. The van der Waals surface area contributed by atoms with Gasteiger partial charge in [-0.1, -0.05) is 59.6 Å². The summed E-state index contributed by atoms with van der Waals surface area (Å²) >= 11 is 12.4. The van der Waals surface area contributed by atoms with Gasteiger partial charge in [-0.05, 0) is 48.9 Å². The Balaban J connectivity index is 1.38. The van der Waals surface area contributed by atoms with E-state index in [-0.39, 0.29) is 36.8 Å². The number of methoxy groups -OCH3 is 1. The highest BCUT2D eigenvalue weighted by atomic mass is 35.5. The third kappa shape index (κ3) is 12.1. The summed E-state index contributed by atoms with van der Waals surface area (Å²) in [7, 11) is 3.55. The van der Waals surface area contributed by atoms with Crippen LogP contribution in [0.5, 0.6) is 0 Å². The maximum absolute atomic E-state index is 13.6. The number of halogens is 2. The highest BCUT2D eigenvalue weighted by molar-refractivity contribution is 6.42. The van der Waals surface area contributed by atoms with Gasteiger partial charge in [0, 0.05) is 53.0 Å². The van der Waals surface area contributed by atoms with Crippen molar-refractivity contribution in [2.45, 2.75) is 56.6 Å². The lowest BCUT2D eigenvalue weighted by Gasteiger charge is -2.35. The van der Waals surface area contributed by atoms with E-state index in [4.69, 9.17) is 46.9 Å². The minimum absolute atomic E-state index is 0.0165. The van der Waals surface area contributed by atoms with E-state index >= 15 is 0 Å². The van der Waals surface area contributed by atoms with Crippen LogP contribution in [0.2, 0.25) is 10.0 Å². The van der Waals surface area contributed by atoms with Gasteiger partial charge in [-0.25, -0.2) is 0 Å². The minimum atomic E-state index is -0.143. The van der Waals surface area contributed by atoms with Crippen molar-refractivity contribution < 1.29 is 28.5 Å². The minimum Gasteiger partial charge on any atom is -0.382 e. The van der Waals surface area contributed by atoms with E-state index in [1.807, 2.05) is 36.2 Å². The average Bonchev–Trinajstić information content (AvgIpc) is 3.43. The van der Waals surface area contributed by atoms with E-state index in [1.165, 1.54) is 0 Å². The molecule has 2 heterocycles. The average molecular weight is 667 g/mol. The molecule has 4 rings (SSSR count). The molecule has 45 heavy (non-hydrogen) atoms. The van der Waals surface area contributed by atoms with Gasteiger partial charge in [0.2, 0.25) is 5.91 Å². The van der Waals surface area contributed by atoms with Crippen molar-refractivity contribution in [2.24, 2.45) is 0 Å². The molecule has 0 aliphatic carbocycles. The molecular weight excluding hydrogens is 617 g/mol. The SMILES string of the molecule is COCCOCCOCCNC[C@@H]1C[C@@H](OC2CCCCO2)CN1C[C@H](c1ccccc1)N(C)C(=O)Cc1ccc(Cl)c(Cl)c1. The van der Waals surface area contributed by atoms with E-state index in [2.05, 4.69) is 22.3 Å². The maximum atomic E-state index is 13.6. The molecule has 2 fully saturated rings. The number of amides is 1. The zero-order valence-corrected chi connectivity index (χ0v) is 28.1. The molecule has 2 aromatic carbocycles. The van der Waals surface area contributed by atoms with Crippen LogP contribution in [-0.4, -0.2) is 114 Å². The first-order chi connectivity index (χ1) is 21.9. The Hall–Kier alpha value is -1.79. The van der Waals surface area contributed by atoms with Crippen LogP contribution >= 0.6 is 23.2 Å². The fourth-order valence-electron chi connectivity index (χ4n) is 5.85. The predicted molar refractivity (Wildman–Crippen MR) is 177 cm³/mol. The van der Waals surface area contributed by atoms with Crippen molar-refractivity contribution >= 4 is 29.1 Å². The molecule has 2 aliphatic rings. The van der Waals surface area contributed by atoms with Crippen LogP contribution in [0.25, 0.3) is 0 Å². The molecule has 0 saturated carbocycles. The lowest BCUT2D eigenvalue weighted by Crippen LogP contribution is -2.45. The lowest BCUT2D eigenvalue weighted by atomic mass is 10.0. The molecule has 1 amide bonds. The van der Waals surface area contributed by atoms with E-state index in [0.717, 1.165) is 63.1 Å². The number of nitrogens with zero attached hydrogens (tertiary/aromatic N) is 2. The first kappa shape index (κ1) is 36.1. The summed E-state index contributed by atoms with van der Waals surface area (Å²) in [6, 6.07) is 15.7. The van der Waals surface area contributed by atoms with E-state index in [0.29, 0.717) is 49.6 Å². The highest BCUT2D eigenvalue weighted by Crippen LogP contribution is 2.30. The quantitative estimate of drug-likeness (QED) is 0.210. The Bertz CT molecular complexity index is 1140. The smallest absolute Gasteiger partial charge is 0.227 e. The van der Waals surface area contributed by atoms with Crippen LogP contribution < -0.4 is 5.32 Å². The first-order valence-electron chi connectivity index (χ1n) is 16.1. The Labute approximate surface area is 278 Å². The summed E-state index contributed by atoms with van der Waals surface area (Å²) in [5, 5.41) is 4.51. The molecule has 0 bridgehead atoms. The molecule has 0 spiro atoms. The van der Waals surface area contributed by atoms with Gasteiger partial charge in [-0.15, -0.1) is 0 Å². The zero-order valence-electron chi connectivity index (χ0n) is 26.6. The second-order valence-corrected chi connectivity index (χ2v) is 12.5. The predicted octanol–water partition coefficient (Wildman–Crippen LogP) is 4.99. The van der Waals surface area contributed by atoms with Gasteiger partial charge in [0.1, 0.15) is 0 Å². The van der Waals surface area contributed by atoms with Gasteiger partial charge in [0.15, 0.2) is 6.29 Å². The second kappa shape index (κ2) is 19.8.